The van der Waals surface area contributed by atoms with E-state index in [0.29, 0.717) is 5.56 Å². The van der Waals surface area contributed by atoms with Crippen molar-refractivity contribution in [1.82, 2.24) is 9.97 Å². The molecule has 0 bridgehead atoms. The minimum Gasteiger partial charge on any atom is -0.295 e. The van der Waals surface area contributed by atoms with Crippen LogP contribution in [0.3, 0.4) is 0 Å². The largest absolute Gasteiger partial charge is 0.295 e. The van der Waals surface area contributed by atoms with Crippen LogP contribution in [-0.4, -0.2) is 21.7 Å². The second kappa shape index (κ2) is 6.51. The van der Waals surface area contributed by atoms with Crippen LogP contribution in [0.4, 0.5) is 10.3 Å². The molecule has 0 fully saturated rings. The van der Waals surface area contributed by atoms with E-state index in [2.05, 4.69) is 15.3 Å². The SMILES string of the molecule is O=C(CCC(=O)c1ccc(F)cc1)Nc1ncccn1. The lowest BCUT2D eigenvalue weighted by molar-refractivity contribution is -0.116. The van der Waals surface area contributed by atoms with Crippen LogP contribution in [0.1, 0.15) is 23.2 Å². The Bertz CT molecular complexity index is 600. The standard InChI is InChI=1S/C14H12FN3O2/c15-11-4-2-10(3-5-11)12(19)6-7-13(20)18-14-16-8-1-9-17-14/h1-5,8-9H,6-7H2,(H,16,17,18,20). The first-order valence-electron chi connectivity index (χ1n) is 6.01. The molecule has 5 nitrogen and oxygen atoms in total. The van der Waals surface area contributed by atoms with Gasteiger partial charge in [0.25, 0.3) is 0 Å². The van der Waals surface area contributed by atoms with Gasteiger partial charge in [-0.15, -0.1) is 0 Å². The molecule has 1 N–H and O–H groups in total. The lowest BCUT2D eigenvalue weighted by Crippen LogP contribution is -2.15. The molecule has 0 radical (unpaired) electrons. The number of nitrogens with zero attached hydrogens (tertiary/aromatic N) is 2. The fourth-order valence-electron chi connectivity index (χ4n) is 1.56. The summed E-state index contributed by atoms with van der Waals surface area (Å²) in [6, 6.07) is 6.86. The molecule has 2 aromatic rings. The normalized spacial score (nSPS) is 10.1. The van der Waals surface area contributed by atoms with Gasteiger partial charge in [-0.1, -0.05) is 0 Å². The zero-order valence-electron chi connectivity index (χ0n) is 10.5. The van der Waals surface area contributed by atoms with Gasteiger partial charge in [-0.3, -0.25) is 14.9 Å². The molecule has 0 aliphatic heterocycles. The zero-order chi connectivity index (χ0) is 14.4. The number of nitrogens with one attached hydrogen (secondary N) is 1. The summed E-state index contributed by atoms with van der Waals surface area (Å²) in [5.74, 6) is -0.756. The number of halogens is 1. The third kappa shape index (κ3) is 3.94. The molecule has 0 aliphatic carbocycles. The first-order chi connectivity index (χ1) is 9.65. The van der Waals surface area contributed by atoms with E-state index < -0.39 is 5.82 Å². The summed E-state index contributed by atoms with van der Waals surface area (Å²) in [5, 5.41) is 2.48. The minimum atomic E-state index is -0.402. The molecule has 1 aromatic carbocycles. The molecule has 6 heteroatoms. The molecule has 0 spiro atoms. The Hall–Kier alpha value is -2.63. The van der Waals surface area contributed by atoms with Crippen LogP contribution < -0.4 is 5.32 Å². The summed E-state index contributed by atoms with van der Waals surface area (Å²) >= 11 is 0. The quantitative estimate of drug-likeness (QED) is 0.848. The minimum absolute atomic E-state index is 0.0223. The third-order valence-electron chi connectivity index (χ3n) is 2.56. The van der Waals surface area contributed by atoms with Crippen LogP contribution in [0.25, 0.3) is 0 Å². The van der Waals surface area contributed by atoms with Crippen molar-refractivity contribution in [2.45, 2.75) is 12.8 Å². The van der Waals surface area contributed by atoms with E-state index in [0.717, 1.165) is 0 Å². The summed E-state index contributed by atoms with van der Waals surface area (Å²) < 4.78 is 12.7. The van der Waals surface area contributed by atoms with Crippen molar-refractivity contribution in [3.05, 3.63) is 54.1 Å². The smallest absolute Gasteiger partial charge is 0.229 e. The fourth-order valence-corrected chi connectivity index (χ4v) is 1.56. The lowest BCUT2D eigenvalue weighted by atomic mass is 10.1. The maximum absolute atomic E-state index is 12.7. The van der Waals surface area contributed by atoms with Crippen LogP contribution in [-0.2, 0) is 4.79 Å². The van der Waals surface area contributed by atoms with E-state index in [1.54, 1.807) is 6.07 Å². The summed E-state index contributed by atoms with van der Waals surface area (Å²) in [5.41, 5.74) is 0.384. The summed E-state index contributed by atoms with van der Waals surface area (Å²) in [6.45, 7) is 0. The molecule has 0 saturated heterocycles. The van der Waals surface area contributed by atoms with Crippen LogP contribution in [0.2, 0.25) is 0 Å². The molecule has 1 amide bonds. The topological polar surface area (TPSA) is 72.0 Å². The highest BCUT2D eigenvalue weighted by atomic mass is 19.1. The Kier molecular flexibility index (Phi) is 4.49. The Labute approximate surface area is 114 Å². The van der Waals surface area contributed by atoms with Gasteiger partial charge in [0.15, 0.2) is 5.78 Å². The maximum atomic E-state index is 12.7. The third-order valence-corrected chi connectivity index (χ3v) is 2.56. The van der Waals surface area contributed by atoms with Gasteiger partial charge in [-0.25, -0.2) is 14.4 Å². The number of rotatable bonds is 5. The number of carbonyl (C=O) groups excluding carboxylic acids is 2. The first-order valence-corrected chi connectivity index (χ1v) is 6.01. The van der Waals surface area contributed by atoms with Crippen LogP contribution in [0, 0.1) is 5.82 Å². The van der Waals surface area contributed by atoms with Crippen molar-refractivity contribution in [2.24, 2.45) is 0 Å². The van der Waals surface area contributed by atoms with Crippen molar-refractivity contribution in [2.75, 3.05) is 5.32 Å². The Morgan fingerprint density at radius 2 is 1.70 bits per heavy atom. The highest BCUT2D eigenvalue weighted by Gasteiger charge is 2.10. The second-order valence-corrected chi connectivity index (χ2v) is 4.05. The molecule has 102 valence electrons. The predicted octanol–water partition coefficient (Wildman–Crippen LogP) is 2.22. The van der Waals surface area contributed by atoms with Gasteiger partial charge in [0.05, 0.1) is 0 Å². The number of aromatic nitrogens is 2. The van der Waals surface area contributed by atoms with E-state index in [1.807, 2.05) is 0 Å². The molecule has 0 unspecified atom stereocenters. The molecule has 0 saturated carbocycles. The monoisotopic (exact) mass is 273 g/mol. The molecule has 20 heavy (non-hydrogen) atoms. The number of hydrogen-bond acceptors (Lipinski definition) is 4. The van der Waals surface area contributed by atoms with E-state index in [1.165, 1.54) is 36.7 Å². The highest BCUT2D eigenvalue weighted by Crippen LogP contribution is 2.08. The molecular weight excluding hydrogens is 261 g/mol. The number of ketones is 1. The van der Waals surface area contributed by atoms with Crippen molar-refractivity contribution in [3.63, 3.8) is 0 Å². The van der Waals surface area contributed by atoms with Gasteiger partial charge in [-0.05, 0) is 30.3 Å². The first kappa shape index (κ1) is 13.8. The van der Waals surface area contributed by atoms with Gasteiger partial charge in [0.1, 0.15) is 5.82 Å². The van der Waals surface area contributed by atoms with Crippen LogP contribution >= 0.6 is 0 Å². The molecule has 0 atom stereocenters. The van der Waals surface area contributed by atoms with Crippen LogP contribution in [0.5, 0.6) is 0 Å². The number of carbonyl (C=O) groups is 2. The molecule has 2 rings (SSSR count). The van der Waals surface area contributed by atoms with Gasteiger partial charge in [0, 0.05) is 30.8 Å². The number of hydrogen-bond donors (Lipinski definition) is 1. The van der Waals surface area contributed by atoms with E-state index in [9.17, 15) is 14.0 Å². The Balaban J connectivity index is 1.84. The number of anilines is 1. The van der Waals surface area contributed by atoms with Gasteiger partial charge in [0.2, 0.25) is 11.9 Å². The van der Waals surface area contributed by atoms with Gasteiger partial charge < -0.3 is 0 Å². The number of benzene rings is 1. The summed E-state index contributed by atoms with van der Waals surface area (Å²) in [4.78, 5) is 31.1. The van der Waals surface area contributed by atoms with Crippen molar-refractivity contribution < 1.29 is 14.0 Å². The van der Waals surface area contributed by atoms with Crippen LogP contribution in [0.15, 0.2) is 42.7 Å². The van der Waals surface area contributed by atoms with Gasteiger partial charge >= 0.3 is 0 Å². The average Bonchev–Trinajstić information content (AvgIpc) is 2.46. The molecule has 1 heterocycles. The Morgan fingerprint density at radius 1 is 1.05 bits per heavy atom. The van der Waals surface area contributed by atoms with E-state index in [4.69, 9.17) is 0 Å². The average molecular weight is 273 g/mol. The number of Topliss-reactive ketones (excluding diaryl/α,β-unsaturated/α-hetero) is 1. The maximum Gasteiger partial charge on any atom is 0.229 e. The molecule has 1 aromatic heterocycles. The van der Waals surface area contributed by atoms with Crippen molar-refractivity contribution in [1.29, 1.82) is 0 Å². The Morgan fingerprint density at radius 3 is 2.35 bits per heavy atom. The van der Waals surface area contributed by atoms with Crippen molar-refractivity contribution in [3.8, 4) is 0 Å². The predicted molar refractivity (Wildman–Crippen MR) is 70.6 cm³/mol. The lowest BCUT2D eigenvalue weighted by Gasteiger charge is -2.03. The zero-order valence-corrected chi connectivity index (χ0v) is 10.5. The molecular formula is C14H12FN3O2. The van der Waals surface area contributed by atoms with E-state index in [-0.39, 0.29) is 30.5 Å². The van der Waals surface area contributed by atoms with Gasteiger partial charge in [-0.2, -0.15) is 0 Å². The number of amides is 1. The summed E-state index contributed by atoms with van der Waals surface area (Å²) in [6.07, 6.45) is 3.08. The van der Waals surface area contributed by atoms with E-state index >= 15 is 0 Å². The fraction of sp³-hybridized carbons (Fsp3) is 0.143. The second-order valence-electron chi connectivity index (χ2n) is 4.05. The van der Waals surface area contributed by atoms with Crippen molar-refractivity contribution >= 4 is 17.6 Å². The highest BCUT2D eigenvalue weighted by molar-refractivity contribution is 5.99. The summed E-state index contributed by atoms with van der Waals surface area (Å²) in [7, 11) is 0. The molecule has 0 aliphatic rings.